The van der Waals surface area contributed by atoms with E-state index in [0.29, 0.717) is 34.5 Å². The van der Waals surface area contributed by atoms with Gasteiger partial charge < -0.3 is 4.74 Å². The molecule has 0 saturated heterocycles. The molecule has 0 aliphatic carbocycles. The van der Waals surface area contributed by atoms with Gasteiger partial charge in [-0.2, -0.15) is 0 Å². The molecule has 0 bridgehead atoms. The average molecular weight is 443 g/mol. The van der Waals surface area contributed by atoms with Gasteiger partial charge in [0.1, 0.15) is 12.0 Å². The summed E-state index contributed by atoms with van der Waals surface area (Å²) in [5.41, 5.74) is 8.60. The molecule has 1 heterocycles. The second-order valence-corrected chi connectivity index (χ2v) is 8.19. The van der Waals surface area contributed by atoms with Crippen LogP contribution in [0, 0.1) is 13.8 Å². The number of aryl methyl sites for hydroxylation is 2. The maximum atomic E-state index is 11.2. The molecule has 0 spiro atoms. The second-order valence-electron chi connectivity index (χ2n) is 7.78. The number of carbonyl (C=O) groups excluding carboxylic acids is 1. The summed E-state index contributed by atoms with van der Waals surface area (Å²) < 4.78 is 5.85. The van der Waals surface area contributed by atoms with E-state index in [2.05, 4.69) is 34.8 Å². The molecule has 32 heavy (non-hydrogen) atoms. The lowest BCUT2D eigenvalue weighted by molar-refractivity contribution is 0.112. The van der Waals surface area contributed by atoms with Crippen molar-refractivity contribution in [1.82, 2.24) is 0 Å². The van der Waals surface area contributed by atoms with Crippen LogP contribution < -0.4 is 4.74 Å². The Morgan fingerprint density at radius 3 is 2.62 bits per heavy atom. The molecule has 0 saturated carbocycles. The number of nitrogens with zero attached hydrogens (tertiary/aromatic N) is 2. The fraction of sp³-hybridized carbons (Fsp3) is 0.148. The van der Waals surface area contributed by atoms with Gasteiger partial charge in [0.15, 0.2) is 0 Å². The largest absolute Gasteiger partial charge is 0.439 e. The molecule has 160 valence electrons. The highest BCUT2D eigenvalue weighted by Gasteiger charge is 2.15. The van der Waals surface area contributed by atoms with E-state index in [9.17, 15) is 4.79 Å². The van der Waals surface area contributed by atoms with Crippen LogP contribution in [0.4, 0.5) is 5.69 Å². The first-order valence-electron chi connectivity index (χ1n) is 10.3. The summed E-state index contributed by atoms with van der Waals surface area (Å²) in [5, 5.41) is 0.604. The Labute approximate surface area is 193 Å². The SMILES string of the molecule is C=CC(=Nc1cc(Cl)c(-c2ccc3c(c2)CN=C3C)cc1C)Oc1ccc(C)c(C=O)c1. The molecule has 0 N–H and O–H groups in total. The summed E-state index contributed by atoms with van der Waals surface area (Å²) >= 11 is 6.66. The van der Waals surface area contributed by atoms with Crippen molar-refractivity contribution in [3.05, 3.63) is 94.0 Å². The van der Waals surface area contributed by atoms with Crippen molar-refractivity contribution < 1.29 is 9.53 Å². The van der Waals surface area contributed by atoms with Gasteiger partial charge in [-0.25, -0.2) is 4.99 Å². The minimum atomic E-state index is 0.322. The monoisotopic (exact) mass is 442 g/mol. The molecule has 5 heteroatoms. The number of carbonyl (C=O) groups is 1. The number of benzene rings is 3. The third-order valence-electron chi connectivity index (χ3n) is 5.58. The first kappa shape index (κ1) is 21.7. The first-order chi connectivity index (χ1) is 15.4. The van der Waals surface area contributed by atoms with E-state index in [4.69, 9.17) is 16.3 Å². The maximum Gasteiger partial charge on any atom is 0.219 e. The highest BCUT2D eigenvalue weighted by Crippen LogP contribution is 2.36. The third kappa shape index (κ3) is 4.27. The first-order valence-corrected chi connectivity index (χ1v) is 10.7. The molecule has 0 fully saturated rings. The lowest BCUT2D eigenvalue weighted by Gasteiger charge is -2.12. The zero-order chi connectivity index (χ0) is 22.8. The molecule has 4 nitrogen and oxygen atoms in total. The van der Waals surface area contributed by atoms with Gasteiger partial charge in [-0.15, -0.1) is 0 Å². The Balaban J connectivity index is 1.64. The van der Waals surface area contributed by atoms with E-state index in [1.165, 1.54) is 17.2 Å². The number of ether oxygens (including phenoxy) is 1. The molecule has 4 rings (SSSR count). The second kappa shape index (κ2) is 8.93. The minimum absolute atomic E-state index is 0.322. The molecular formula is C27H23ClN2O2. The molecule has 0 atom stereocenters. The van der Waals surface area contributed by atoms with Crippen LogP contribution in [-0.2, 0) is 6.54 Å². The zero-order valence-corrected chi connectivity index (χ0v) is 19.0. The van der Waals surface area contributed by atoms with E-state index in [-0.39, 0.29) is 0 Å². The summed E-state index contributed by atoms with van der Waals surface area (Å²) in [6.07, 6.45) is 2.34. The predicted octanol–water partition coefficient (Wildman–Crippen LogP) is 7.05. The lowest BCUT2D eigenvalue weighted by atomic mass is 9.97. The van der Waals surface area contributed by atoms with Gasteiger partial charge in [-0.3, -0.25) is 9.79 Å². The van der Waals surface area contributed by atoms with Crippen LogP contribution in [0.1, 0.15) is 39.5 Å². The molecule has 0 radical (unpaired) electrons. The molecule has 0 amide bonds. The van der Waals surface area contributed by atoms with Crippen molar-refractivity contribution in [2.45, 2.75) is 27.3 Å². The zero-order valence-electron chi connectivity index (χ0n) is 18.3. The van der Waals surface area contributed by atoms with Crippen LogP contribution in [-0.4, -0.2) is 17.9 Å². The van der Waals surface area contributed by atoms with Crippen LogP contribution in [0.3, 0.4) is 0 Å². The standard InChI is InChI=1S/C27H23ClN2O2/c1-5-27(32-22-8-6-16(2)21(12-22)15-31)30-26-13-25(28)24(10-17(26)3)19-7-9-23-18(4)29-14-20(23)11-19/h5-13,15H,1,14H2,2-4H3. The van der Waals surface area contributed by atoms with Crippen molar-refractivity contribution >= 4 is 35.2 Å². The van der Waals surface area contributed by atoms with E-state index < -0.39 is 0 Å². The van der Waals surface area contributed by atoms with Crippen molar-refractivity contribution in [2.75, 3.05) is 0 Å². The minimum Gasteiger partial charge on any atom is -0.439 e. The highest BCUT2D eigenvalue weighted by molar-refractivity contribution is 6.33. The molecular weight excluding hydrogens is 420 g/mol. The molecule has 1 aliphatic heterocycles. The molecule has 3 aromatic carbocycles. The fourth-order valence-electron chi connectivity index (χ4n) is 3.71. The van der Waals surface area contributed by atoms with Crippen molar-refractivity contribution in [3.63, 3.8) is 0 Å². The Hall–Kier alpha value is -3.50. The molecule has 3 aromatic rings. The van der Waals surface area contributed by atoms with Gasteiger partial charge in [0.25, 0.3) is 0 Å². The normalized spacial score (nSPS) is 12.9. The van der Waals surface area contributed by atoms with Crippen LogP contribution in [0.15, 0.2) is 71.2 Å². The Morgan fingerprint density at radius 2 is 1.88 bits per heavy atom. The predicted molar refractivity (Wildman–Crippen MR) is 132 cm³/mol. The van der Waals surface area contributed by atoms with Gasteiger partial charge in [0.05, 0.1) is 17.3 Å². The van der Waals surface area contributed by atoms with Gasteiger partial charge >= 0.3 is 0 Å². The van der Waals surface area contributed by atoms with E-state index in [1.54, 1.807) is 12.1 Å². The molecule has 1 aliphatic rings. The number of halogens is 1. The van der Waals surface area contributed by atoms with Crippen LogP contribution in [0.2, 0.25) is 5.02 Å². The number of hydrogen-bond donors (Lipinski definition) is 0. The Kier molecular flexibility index (Phi) is 6.06. The number of aliphatic imine (C=N–C) groups is 2. The van der Waals surface area contributed by atoms with Crippen molar-refractivity contribution in [1.29, 1.82) is 0 Å². The van der Waals surface area contributed by atoms with Crippen LogP contribution in [0.5, 0.6) is 5.75 Å². The van der Waals surface area contributed by atoms with Gasteiger partial charge in [0.2, 0.25) is 5.90 Å². The summed E-state index contributed by atoms with van der Waals surface area (Å²) in [7, 11) is 0. The van der Waals surface area contributed by atoms with Crippen LogP contribution >= 0.6 is 11.6 Å². The Bertz CT molecular complexity index is 1310. The fourth-order valence-corrected chi connectivity index (χ4v) is 3.97. The molecule has 0 aromatic heterocycles. The summed E-state index contributed by atoms with van der Waals surface area (Å²) in [4.78, 5) is 20.3. The number of aldehydes is 1. The van der Waals surface area contributed by atoms with Gasteiger partial charge in [-0.1, -0.05) is 36.4 Å². The van der Waals surface area contributed by atoms with Crippen LogP contribution in [0.25, 0.3) is 11.1 Å². The average Bonchev–Trinajstić information content (AvgIpc) is 3.16. The maximum absolute atomic E-state index is 11.2. The summed E-state index contributed by atoms with van der Waals surface area (Å²) in [5.74, 6) is 0.843. The number of rotatable bonds is 5. The van der Waals surface area contributed by atoms with E-state index >= 15 is 0 Å². The third-order valence-corrected chi connectivity index (χ3v) is 5.90. The van der Waals surface area contributed by atoms with Gasteiger partial charge in [-0.05, 0) is 79.4 Å². The van der Waals surface area contributed by atoms with Crippen molar-refractivity contribution in [2.24, 2.45) is 9.98 Å². The Morgan fingerprint density at radius 1 is 1.06 bits per heavy atom. The number of fused-ring (bicyclic) bond motifs is 1. The lowest BCUT2D eigenvalue weighted by Crippen LogP contribution is -2.05. The highest BCUT2D eigenvalue weighted by atomic mass is 35.5. The summed E-state index contributed by atoms with van der Waals surface area (Å²) in [6, 6.07) is 15.5. The smallest absolute Gasteiger partial charge is 0.219 e. The molecule has 0 unspecified atom stereocenters. The van der Waals surface area contributed by atoms with Gasteiger partial charge in [0, 0.05) is 22.4 Å². The quantitative estimate of drug-likeness (QED) is 0.241. The van der Waals surface area contributed by atoms with E-state index in [0.717, 1.165) is 34.3 Å². The summed E-state index contributed by atoms with van der Waals surface area (Å²) in [6.45, 7) is 10.4. The van der Waals surface area contributed by atoms with Crippen molar-refractivity contribution in [3.8, 4) is 16.9 Å². The van der Waals surface area contributed by atoms with E-state index in [1.807, 2.05) is 39.0 Å². The topological polar surface area (TPSA) is 51.0 Å². The number of hydrogen-bond acceptors (Lipinski definition) is 4.